The Balaban J connectivity index is 1.76. The maximum absolute atomic E-state index is 13.2. The molecule has 1 heterocycles. The van der Waals surface area contributed by atoms with E-state index < -0.39 is 23.3 Å². The third-order valence-corrected chi connectivity index (χ3v) is 5.73. The zero-order chi connectivity index (χ0) is 20.3. The monoisotopic (exact) mass is 395 g/mol. The third kappa shape index (κ3) is 4.25. The Bertz CT molecular complexity index is 754. The molecule has 2 aliphatic rings. The quantitative estimate of drug-likeness (QED) is 0.854. The van der Waals surface area contributed by atoms with Gasteiger partial charge < -0.3 is 14.9 Å². The van der Waals surface area contributed by atoms with Gasteiger partial charge >= 0.3 is 6.18 Å². The van der Waals surface area contributed by atoms with Crippen LogP contribution in [-0.4, -0.2) is 48.2 Å². The molecule has 28 heavy (non-hydrogen) atoms. The molecule has 1 aliphatic carbocycles. The van der Waals surface area contributed by atoms with Crippen molar-refractivity contribution < 1.29 is 23.1 Å². The number of carbonyl (C=O) groups excluding carboxylic acids is 1. The summed E-state index contributed by atoms with van der Waals surface area (Å²) in [6.45, 7) is 0.773. The first-order chi connectivity index (χ1) is 13.3. The van der Waals surface area contributed by atoms with Crippen molar-refractivity contribution in [3.05, 3.63) is 29.3 Å². The highest BCUT2D eigenvalue weighted by Gasteiger charge is 2.37. The second kappa shape index (κ2) is 8.39. The van der Waals surface area contributed by atoms with Crippen LogP contribution in [0.25, 0.3) is 0 Å². The van der Waals surface area contributed by atoms with Crippen LogP contribution in [0.2, 0.25) is 0 Å². The Morgan fingerprint density at radius 1 is 1.21 bits per heavy atom. The number of anilines is 1. The summed E-state index contributed by atoms with van der Waals surface area (Å²) in [6, 6.07) is 4.77. The minimum Gasteiger partial charge on any atom is -0.394 e. The molecule has 0 radical (unpaired) electrons. The first-order valence-corrected chi connectivity index (χ1v) is 9.62. The minimum absolute atomic E-state index is 0.0129. The number of hydrogen-bond acceptors (Lipinski definition) is 4. The number of nitrogens with zero attached hydrogens (tertiary/aromatic N) is 3. The van der Waals surface area contributed by atoms with Crippen LogP contribution in [0.5, 0.6) is 0 Å². The Hall–Kier alpha value is -2.27. The van der Waals surface area contributed by atoms with E-state index in [0.717, 1.165) is 38.2 Å². The van der Waals surface area contributed by atoms with E-state index in [0.29, 0.717) is 18.8 Å². The smallest absolute Gasteiger partial charge is 0.394 e. The van der Waals surface area contributed by atoms with Gasteiger partial charge in [0.1, 0.15) is 0 Å². The summed E-state index contributed by atoms with van der Waals surface area (Å²) in [5.74, 6) is 0.0373. The zero-order valence-corrected chi connectivity index (χ0v) is 15.6. The maximum atomic E-state index is 13.2. The van der Waals surface area contributed by atoms with Gasteiger partial charge in [0.25, 0.3) is 0 Å². The van der Waals surface area contributed by atoms with E-state index >= 15 is 0 Å². The molecule has 1 amide bonds. The largest absolute Gasteiger partial charge is 0.417 e. The highest BCUT2D eigenvalue weighted by Crippen LogP contribution is 2.35. The number of alkyl halides is 3. The highest BCUT2D eigenvalue weighted by molar-refractivity contribution is 5.79. The number of aliphatic hydroxyl groups excluding tert-OH is 1. The molecule has 1 aliphatic heterocycles. The number of carbonyl (C=O) groups is 1. The van der Waals surface area contributed by atoms with Gasteiger partial charge in [-0.2, -0.15) is 18.4 Å². The second-order valence-electron chi connectivity index (χ2n) is 7.49. The molecule has 8 heteroatoms. The number of piperazine rings is 1. The first kappa shape index (κ1) is 20.5. The van der Waals surface area contributed by atoms with Gasteiger partial charge in [-0.1, -0.05) is 19.3 Å². The summed E-state index contributed by atoms with van der Waals surface area (Å²) in [6.07, 6.45) is 0.318. The van der Waals surface area contributed by atoms with Crippen molar-refractivity contribution in [3.8, 4) is 6.07 Å². The van der Waals surface area contributed by atoms with E-state index in [1.54, 1.807) is 15.9 Å². The van der Waals surface area contributed by atoms with Gasteiger partial charge in [-0.15, -0.1) is 0 Å². The molecular weight excluding hydrogens is 371 g/mol. The normalized spacial score (nSPS) is 21.5. The van der Waals surface area contributed by atoms with Gasteiger partial charge in [-0.3, -0.25) is 4.79 Å². The van der Waals surface area contributed by atoms with E-state index in [4.69, 9.17) is 5.26 Å². The van der Waals surface area contributed by atoms with Crippen molar-refractivity contribution in [2.75, 3.05) is 31.1 Å². The molecule has 2 fully saturated rings. The maximum Gasteiger partial charge on any atom is 0.417 e. The van der Waals surface area contributed by atoms with Gasteiger partial charge in [0.05, 0.1) is 29.8 Å². The van der Waals surface area contributed by atoms with Gasteiger partial charge in [-0.25, -0.2) is 0 Å². The van der Waals surface area contributed by atoms with Crippen molar-refractivity contribution in [2.24, 2.45) is 5.92 Å². The number of nitriles is 1. The summed E-state index contributed by atoms with van der Waals surface area (Å²) in [5, 5.41) is 18.7. The molecule has 0 aromatic heterocycles. The molecule has 0 spiro atoms. The number of benzene rings is 1. The van der Waals surface area contributed by atoms with Gasteiger partial charge in [0.15, 0.2) is 0 Å². The van der Waals surface area contributed by atoms with Crippen LogP contribution in [-0.2, 0) is 11.0 Å². The number of halogens is 3. The minimum atomic E-state index is -4.61. The predicted molar refractivity (Wildman–Crippen MR) is 97.5 cm³/mol. The lowest BCUT2D eigenvalue weighted by Crippen LogP contribution is -2.58. The molecule has 1 atom stereocenters. The van der Waals surface area contributed by atoms with E-state index in [-0.39, 0.29) is 25.0 Å². The lowest BCUT2D eigenvalue weighted by molar-refractivity contribution is -0.140. The van der Waals surface area contributed by atoms with Crippen LogP contribution in [0.3, 0.4) is 0 Å². The lowest BCUT2D eigenvalue weighted by atomic mass is 9.87. The Kier molecular flexibility index (Phi) is 6.14. The molecule has 1 saturated carbocycles. The molecule has 1 aromatic rings. The lowest BCUT2D eigenvalue weighted by Gasteiger charge is -2.43. The molecular formula is C20H24F3N3O2. The third-order valence-electron chi connectivity index (χ3n) is 5.73. The number of hydrogen-bond donors (Lipinski definition) is 1. The van der Waals surface area contributed by atoms with Crippen LogP contribution in [0.15, 0.2) is 18.2 Å². The van der Waals surface area contributed by atoms with Gasteiger partial charge in [0, 0.05) is 31.2 Å². The van der Waals surface area contributed by atoms with E-state index in [9.17, 15) is 23.1 Å². The summed E-state index contributed by atoms with van der Waals surface area (Å²) in [7, 11) is 0. The van der Waals surface area contributed by atoms with Crippen molar-refractivity contribution >= 4 is 11.6 Å². The average Bonchev–Trinajstić information content (AvgIpc) is 2.72. The number of rotatable bonds is 3. The van der Waals surface area contributed by atoms with Crippen LogP contribution in [0.1, 0.15) is 43.2 Å². The SMILES string of the molecule is N#Cc1ccc(N2CCN(C(=O)C3CCCCC3)C(CO)C2)cc1C(F)(F)F. The van der Waals surface area contributed by atoms with E-state index in [2.05, 4.69) is 0 Å². The first-order valence-electron chi connectivity index (χ1n) is 9.62. The summed E-state index contributed by atoms with van der Waals surface area (Å²) >= 11 is 0. The fourth-order valence-corrected chi connectivity index (χ4v) is 4.18. The Morgan fingerprint density at radius 3 is 2.54 bits per heavy atom. The molecule has 1 N–H and O–H groups in total. The average molecular weight is 395 g/mol. The van der Waals surface area contributed by atoms with Crippen molar-refractivity contribution in [3.63, 3.8) is 0 Å². The number of aliphatic hydroxyl groups is 1. The van der Waals surface area contributed by atoms with Crippen LogP contribution in [0.4, 0.5) is 18.9 Å². The van der Waals surface area contributed by atoms with Crippen molar-refractivity contribution in [1.82, 2.24) is 4.90 Å². The highest BCUT2D eigenvalue weighted by atomic mass is 19.4. The fourth-order valence-electron chi connectivity index (χ4n) is 4.18. The van der Waals surface area contributed by atoms with E-state index in [1.807, 2.05) is 0 Å². The van der Waals surface area contributed by atoms with Crippen LogP contribution >= 0.6 is 0 Å². The fraction of sp³-hybridized carbons (Fsp3) is 0.600. The summed E-state index contributed by atoms with van der Waals surface area (Å²) in [5.41, 5.74) is -1.04. The van der Waals surface area contributed by atoms with Gasteiger partial charge in [0.2, 0.25) is 5.91 Å². The predicted octanol–water partition coefficient (Wildman–Crippen LogP) is 3.17. The molecule has 1 unspecified atom stereocenters. The summed E-state index contributed by atoms with van der Waals surface area (Å²) < 4.78 is 39.7. The molecule has 5 nitrogen and oxygen atoms in total. The van der Waals surface area contributed by atoms with Crippen LogP contribution in [0, 0.1) is 17.2 Å². The Labute approximate surface area is 162 Å². The topological polar surface area (TPSA) is 67.6 Å². The summed E-state index contributed by atoms with van der Waals surface area (Å²) in [4.78, 5) is 16.3. The standard InChI is InChI=1S/C20H24F3N3O2/c21-20(22,23)18-10-16(7-6-15(18)11-24)25-8-9-26(17(12-25)13-27)19(28)14-4-2-1-3-5-14/h6-7,10,14,17,27H,1-5,8-9,12-13H2. The van der Waals surface area contributed by atoms with E-state index in [1.165, 1.54) is 12.1 Å². The van der Waals surface area contributed by atoms with Crippen LogP contribution < -0.4 is 4.90 Å². The second-order valence-corrected chi connectivity index (χ2v) is 7.49. The zero-order valence-electron chi connectivity index (χ0n) is 15.6. The van der Waals surface area contributed by atoms with Crippen molar-refractivity contribution in [1.29, 1.82) is 5.26 Å². The molecule has 0 bridgehead atoms. The van der Waals surface area contributed by atoms with Crippen molar-refractivity contribution in [2.45, 2.75) is 44.3 Å². The molecule has 3 rings (SSSR count). The molecule has 1 saturated heterocycles. The molecule has 152 valence electrons. The number of amides is 1. The Morgan fingerprint density at radius 2 is 1.93 bits per heavy atom. The molecule has 1 aromatic carbocycles. The van der Waals surface area contributed by atoms with Gasteiger partial charge in [-0.05, 0) is 31.0 Å².